The molecule has 1 aromatic rings. The van der Waals surface area contributed by atoms with Gasteiger partial charge in [-0.05, 0) is 37.5 Å². The zero-order chi connectivity index (χ0) is 18.5. The largest absolute Gasteiger partial charge is 0.347 e. The van der Waals surface area contributed by atoms with Crippen LogP contribution in [0.2, 0.25) is 0 Å². The van der Waals surface area contributed by atoms with Gasteiger partial charge in [-0.2, -0.15) is 0 Å². The maximum atomic E-state index is 12.5. The monoisotopic (exact) mass is 360 g/mol. The van der Waals surface area contributed by atoms with Crippen LogP contribution >= 0.6 is 0 Å². The lowest BCUT2D eigenvalue weighted by molar-refractivity contribution is -0.123. The normalized spacial score (nSPS) is 25.2. The number of H-pyrrole nitrogens is 1. The van der Waals surface area contributed by atoms with Gasteiger partial charge >= 0.3 is 0 Å². The Morgan fingerprint density at radius 2 is 1.85 bits per heavy atom. The Kier molecular flexibility index (Phi) is 6.43. The van der Waals surface area contributed by atoms with Crippen LogP contribution in [-0.4, -0.2) is 21.1 Å². The Hall–Kier alpha value is -1.72. The van der Waals surface area contributed by atoms with Gasteiger partial charge in [0, 0.05) is 12.3 Å². The van der Waals surface area contributed by atoms with Crippen molar-refractivity contribution < 1.29 is 4.79 Å². The van der Waals surface area contributed by atoms with Gasteiger partial charge in [-0.25, -0.2) is 0 Å². The second-order valence-corrected chi connectivity index (χ2v) is 8.16. The first kappa shape index (κ1) is 19.1. The van der Waals surface area contributed by atoms with Gasteiger partial charge in [0.25, 0.3) is 5.56 Å². The fourth-order valence-corrected chi connectivity index (χ4v) is 4.52. The predicted molar refractivity (Wildman–Crippen MR) is 101 cm³/mol. The molecule has 144 valence electrons. The first-order chi connectivity index (χ1) is 12.6. The molecule has 0 saturated heterocycles. The van der Waals surface area contributed by atoms with E-state index in [9.17, 15) is 9.59 Å². The first-order valence-corrected chi connectivity index (χ1v) is 10.3. The van der Waals surface area contributed by atoms with Crippen LogP contribution in [0.4, 0.5) is 0 Å². The number of carbonyl (C=O) groups is 1. The van der Waals surface area contributed by atoms with Crippen molar-refractivity contribution in [2.24, 2.45) is 11.8 Å². The van der Waals surface area contributed by atoms with Crippen LogP contribution in [-0.2, 0) is 4.79 Å². The van der Waals surface area contributed by atoms with Gasteiger partial charge in [0.15, 0.2) is 5.69 Å². The second-order valence-electron chi connectivity index (χ2n) is 8.16. The van der Waals surface area contributed by atoms with Crippen molar-refractivity contribution in [3.8, 4) is 0 Å². The van der Waals surface area contributed by atoms with Crippen molar-refractivity contribution in [3.63, 3.8) is 0 Å². The van der Waals surface area contributed by atoms with E-state index < -0.39 is 0 Å². The van der Waals surface area contributed by atoms with Crippen molar-refractivity contribution in [3.05, 3.63) is 21.9 Å². The second kappa shape index (κ2) is 8.78. The van der Waals surface area contributed by atoms with E-state index in [2.05, 4.69) is 27.4 Å². The molecule has 2 aliphatic carbocycles. The van der Waals surface area contributed by atoms with Crippen LogP contribution in [0.25, 0.3) is 0 Å². The van der Waals surface area contributed by atoms with Crippen molar-refractivity contribution in [2.45, 2.75) is 90.0 Å². The van der Waals surface area contributed by atoms with E-state index in [0.717, 1.165) is 19.3 Å². The van der Waals surface area contributed by atoms with Crippen LogP contribution in [0.3, 0.4) is 0 Å². The van der Waals surface area contributed by atoms with Crippen LogP contribution in [0, 0.1) is 11.8 Å². The third kappa shape index (κ3) is 4.51. The molecule has 2 saturated carbocycles. The van der Waals surface area contributed by atoms with E-state index >= 15 is 0 Å². The summed E-state index contributed by atoms with van der Waals surface area (Å²) in [5, 5.41) is 11.5. The average Bonchev–Trinajstić information content (AvgIpc) is 3.16. The lowest BCUT2D eigenvalue weighted by atomic mass is 9.78. The summed E-state index contributed by atoms with van der Waals surface area (Å²) in [6.45, 7) is 4.20. The lowest BCUT2D eigenvalue weighted by Gasteiger charge is -2.28. The fourth-order valence-electron chi connectivity index (χ4n) is 4.52. The van der Waals surface area contributed by atoms with E-state index in [0.29, 0.717) is 42.1 Å². The summed E-state index contributed by atoms with van der Waals surface area (Å²) in [4.78, 5) is 27.9. The fraction of sp³-hybridized carbons (Fsp3) is 0.800. The highest BCUT2D eigenvalue weighted by atomic mass is 16.2. The van der Waals surface area contributed by atoms with Crippen molar-refractivity contribution in [1.82, 2.24) is 20.5 Å². The number of nitrogens with zero attached hydrogens (tertiary/aromatic N) is 2. The molecule has 3 unspecified atom stereocenters. The number of hydrogen-bond donors (Lipinski definition) is 2. The van der Waals surface area contributed by atoms with Crippen molar-refractivity contribution in [1.29, 1.82) is 0 Å². The number of aromatic amines is 1. The van der Waals surface area contributed by atoms with Gasteiger partial charge in [-0.15, -0.1) is 10.2 Å². The number of carbonyl (C=O) groups excluding carboxylic acids is 1. The lowest BCUT2D eigenvalue weighted by Crippen LogP contribution is -2.35. The zero-order valence-corrected chi connectivity index (χ0v) is 16.1. The Morgan fingerprint density at radius 3 is 2.50 bits per heavy atom. The number of amides is 1. The third-order valence-corrected chi connectivity index (χ3v) is 6.29. The van der Waals surface area contributed by atoms with Crippen LogP contribution in [0.5, 0.6) is 0 Å². The molecule has 3 rings (SSSR count). The Balaban J connectivity index is 1.64. The van der Waals surface area contributed by atoms with Crippen LogP contribution < -0.4 is 10.9 Å². The molecule has 1 amide bonds. The summed E-state index contributed by atoms with van der Waals surface area (Å²) in [7, 11) is 0. The number of rotatable bonds is 6. The van der Waals surface area contributed by atoms with Crippen molar-refractivity contribution >= 4 is 5.91 Å². The summed E-state index contributed by atoms with van der Waals surface area (Å²) >= 11 is 0. The SMILES string of the molecule is CCC(NC(=O)CC1CCCCC1C)c1nnc(C2CCCC2)[nH]c1=O. The highest BCUT2D eigenvalue weighted by Gasteiger charge is 2.26. The molecule has 2 aliphatic rings. The van der Waals surface area contributed by atoms with Gasteiger partial charge in [-0.1, -0.05) is 46.0 Å². The summed E-state index contributed by atoms with van der Waals surface area (Å²) in [5.41, 5.74) is 0.124. The number of hydrogen-bond acceptors (Lipinski definition) is 4. The standard InChI is InChI=1S/C20H32N4O2/c1-3-16(21-17(25)12-15-11-5-4-8-13(15)2)18-20(26)22-19(24-23-18)14-9-6-7-10-14/h13-16H,3-12H2,1-2H3,(H,21,25)(H,22,24,26). The minimum Gasteiger partial charge on any atom is -0.347 e. The third-order valence-electron chi connectivity index (χ3n) is 6.29. The minimum atomic E-state index is -0.365. The number of nitrogens with one attached hydrogen (secondary N) is 2. The summed E-state index contributed by atoms with van der Waals surface area (Å²) in [5.74, 6) is 2.11. The van der Waals surface area contributed by atoms with E-state index in [-0.39, 0.29) is 17.5 Å². The Labute approximate surface area is 155 Å². The summed E-state index contributed by atoms with van der Waals surface area (Å²) in [6, 6.07) is -0.365. The first-order valence-electron chi connectivity index (χ1n) is 10.3. The van der Waals surface area contributed by atoms with Gasteiger partial charge in [0.05, 0.1) is 6.04 Å². The zero-order valence-electron chi connectivity index (χ0n) is 16.1. The van der Waals surface area contributed by atoms with Crippen LogP contribution in [0.15, 0.2) is 4.79 Å². The molecule has 2 N–H and O–H groups in total. The van der Waals surface area contributed by atoms with E-state index in [1.54, 1.807) is 0 Å². The molecule has 0 aliphatic heterocycles. The van der Waals surface area contributed by atoms with E-state index in [1.807, 2.05) is 6.92 Å². The quantitative estimate of drug-likeness (QED) is 0.811. The molecule has 3 atom stereocenters. The molecule has 0 spiro atoms. The van der Waals surface area contributed by atoms with Gasteiger partial charge in [-0.3, -0.25) is 9.59 Å². The summed E-state index contributed by atoms with van der Waals surface area (Å²) < 4.78 is 0. The average molecular weight is 361 g/mol. The molecule has 26 heavy (non-hydrogen) atoms. The molecular weight excluding hydrogens is 328 g/mol. The van der Waals surface area contributed by atoms with Gasteiger partial charge in [0.1, 0.15) is 5.82 Å². The maximum absolute atomic E-state index is 12.5. The van der Waals surface area contributed by atoms with Crippen molar-refractivity contribution in [2.75, 3.05) is 0 Å². The molecular formula is C20H32N4O2. The summed E-state index contributed by atoms with van der Waals surface area (Å²) in [6.07, 6.45) is 10.5. The molecule has 0 aromatic carbocycles. The highest BCUT2D eigenvalue weighted by Crippen LogP contribution is 2.32. The van der Waals surface area contributed by atoms with Gasteiger partial charge < -0.3 is 10.3 Å². The molecule has 1 aromatic heterocycles. The Morgan fingerprint density at radius 1 is 1.15 bits per heavy atom. The van der Waals surface area contributed by atoms with Crippen LogP contribution in [0.1, 0.15) is 102 Å². The van der Waals surface area contributed by atoms with Gasteiger partial charge in [0.2, 0.25) is 5.91 Å². The Bertz CT molecular complexity index is 666. The van der Waals surface area contributed by atoms with E-state index in [1.165, 1.54) is 32.1 Å². The number of aromatic nitrogens is 3. The maximum Gasteiger partial charge on any atom is 0.275 e. The molecule has 1 heterocycles. The smallest absolute Gasteiger partial charge is 0.275 e. The molecule has 0 radical (unpaired) electrons. The topological polar surface area (TPSA) is 87.7 Å². The molecule has 0 bridgehead atoms. The minimum absolute atomic E-state index is 0.0247. The molecule has 2 fully saturated rings. The predicted octanol–water partition coefficient (Wildman–Crippen LogP) is 3.61. The molecule has 6 heteroatoms. The highest BCUT2D eigenvalue weighted by molar-refractivity contribution is 5.76. The molecule has 6 nitrogen and oxygen atoms in total. The van der Waals surface area contributed by atoms with E-state index in [4.69, 9.17) is 0 Å².